The van der Waals surface area contributed by atoms with E-state index in [1.807, 2.05) is 54.6 Å². The van der Waals surface area contributed by atoms with Crippen molar-refractivity contribution >= 4 is 10.0 Å². The van der Waals surface area contributed by atoms with Crippen LogP contribution in [0.5, 0.6) is 0 Å². The van der Waals surface area contributed by atoms with Gasteiger partial charge in [0.15, 0.2) is 0 Å². The maximum atomic E-state index is 14.7. The maximum absolute atomic E-state index is 14.7. The molecule has 0 aliphatic heterocycles. The molecule has 0 aliphatic carbocycles. The molecule has 4 rings (SSSR count). The minimum Gasteiger partial charge on any atom is -1.00 e. The summed E-state index contributed by atoms with van der Waals surface area (Å²) >= 11 is 0. The first kappa shape index (κ1) is 42.6. The molecule has 6 N–H and O–H groups in total. The molecule has 0 spiro atoms. The van der Waals surface area contributed by atoms with E-state index in [2.05, 4.69) is 100 Å². The van der Waals surface area contributed by atoms with E-state index in [0.29, 0.717) is 10.8 Å². The monoisotopic (exact) mass is 765 g/mol. The number of rotatable bonds is 15. The van der Waals surface area contributed by atoms with Gasteiger partial charge in [-0.2, -0.15) is 0 Å². The molecule has 0 fully saturated rings. The third kappa shape index (κ3) is 11.6. The molecule has 0 saturated heterocycles. The van der Waals surface area contributed by atoms with Crippen LogP contribution in [0.1, 0.15) is 118 Å². The number of halogens is 1. The smallest absolute Gasteiger partial charge is 0.241 e. The summed E-state index contributed by atoms with van der Waals surface area (Å²) < 4.78 is 32.6. The van der Waals surface area contributed by atoms with E-state index in [1.54, 1.807) is 0 Å². The summed E-state index contributed by atoms with van der Waals surface area (Å²) in [5.41, 5.74) is 6.25. The Morgan fingerprint density at radius 3 is 1.49 bits per heavy atom. The average molecular weight is 765 g/mol. The maximum Gasteiger partial charge on any atom is 0.241 e. The fourth-order valence-electron chi connectivity index (χ4n) is 5.86. The fraction of sp³-hybridized carbons (Fsp3) is 0.385. The van der Waals surface area contributed by atoms with Crippen LogP contribution in [0.25, 0.3) is 0 Å². The second-order valence-electron chi connectivity index (χ2n) is 12.8. The second kappa shape index (κ2) is 20.2. The topological polar surface area (TPSA) is 94.7 Å². The summed E-state index contributed by atoms with van der Waals surface area (Å²) in [6, 6.07) is 34.2. The van der Waals surface area contributed by atoms with Crippen molar-refractivity contribution in [3.05, 3.63) is 137 Å². The predicted molar refractivity (Wildman–Crippen MR) is 191 cm³/mol. The second-order valence-corrected chi connectivity index (χ2v) is 14.4. The molecule has 0 unspecified atom stereocenters. The van der Waals surface area contributed by atoms with E-state index in [4.69, 9.17) is 0 Å². The number of nitrogens with one attached hydrogen (secondary N) is 2. The van der Waals surface area contributed by atoms with Gasteiger partial charge in [0.2, 0.25) is 10.0 Å². The number of sulfonamides is 1. The van der Waals surface area contributed by atoms with Crippen LogP contribution in [0, 0.1) is 0 Å². The van der Waals surface area contributed by atoms with Gasteiger partial charge in [-0.3, -0.25) is 0 Å². The molecule has 0 saturated carbocycles. The van der Waals surface area contributed by atoms with E-state index in [0.717, 1.165) is 48.1 Å². The molecule has 8 heteroatoms. The quantitative estimate of drug-likeness (QED) is 0.0918. The van der Waals surface area contributed by atoms with Crippen molar-refractivity contribution in [1.29, 1.82) is 0 Å². The molecular weight excluding hydrogens is 711 g/mol. The van der Waals surface area contributed by atoms with Crippen molar-refractivity contribution in [2.75, 3.05) is 6.54 Å². The number of hydrogen-bond acceptors (Lipinski definition) is 3. The van der Waals surface area contributed by atoms with Gasteiger partial charge in [-0.25, -0.2) is 13.1 Å². The van der Waals surface area contributed by atoms with Gasteiger partial charge < -0.3 is 23.9 Å². The molecule has 0 heterocycles. The van der Waals surface area contributed by atoms with Crippen LogP contribution in [-0.4, -0.2) is 15.0 Å². The number of benzene rings is 4. The zero-order valence-electron chi connectivity index (χ0n) is 29.0. The minimum atomic E-state index is -3.92. The van der Waals surface area contributed by atoms with Crippen molar-refractivity contribution in [1.82, 2.24) is 16.2 Å². The number of aryl methyl sites for hydroxylation is 1. The molecule has 258 valence electrons. The average Bonchev–Trinajstić information content (AvgIpc) is 3.02. The zero-order valence-corrected chi connectivity index (χ0v) is 32.3. The van der Waals surface area contributed by atoms with Crippen molar-refractivity contribution < 1.29 is 40.3 Å². The Hall–Kier alpha value is -2.38. The van der Waals surface area contributed by atoms with Crippen molar-refractivity contribution in [2.45, 2.75) is 95.5 Å². The van der Waals surface area contributed by atoms with Gasteiger partial charge in [0.1, 0.15) is 0 Å². The van der Waals surface area contributed by atoms with Gasteiger partial charge in [0.05, 0.1) is 17.0 Å². The minimum absolute atomic E-state index is 0. The normalized spacial score (nSPS) is 12.6. The van der Waals surface area contributed by atoms with E-state index < -0.39 is 16.1 Å². The molecule has 0 radical (unpaired) electrons. The molecule has 4 aromatic rings. The Kier molecular flexibility index (Phi) is 18.3. The molecule has 0 amide bonds. The van der Waals surface area contributed by atoms with E-state index in [-0.39, 0.29) is 55.9 Å². The van der Waals surface area contributed by atoms with Crippen LogP contribution in [0.15, 0.2) is 108 Å². The van der Waals surface area contributed by atoms with Gasteiger partial charge in [0, 0.05) is 19.5 Å². The molecule has 47 heavy (non-hydrogen) atoms. The Morgan fingerprint density at radius 1 is 0.596 bits per heavy atom. The van der Waals surface area contributed by atoms with Gasteiger partial charge in [0.25, 0.3) is 0 Å². The third-order valence-electron chi connectivity index (χ3n) is 8.38. The van der Waals surface area contributed by atoms with Gasteiger partial charge in [-0.15, -0.1) is 0 Å². The predicted octanol–water partition coefficient (Wildman–Crippen LogP) is 6.81. The molecule has 4 aromatic carbocycles. The third-order valence-corrected chi connectivity index (χ3v) is 9.95. The van der Waals surface area contributed by atoms with Gasteiger partial charge in [-0.05, 0) is 76.9 Å². The Morgan fingerprint density at radius 2 is 1.04 bits per heavy atom. The van der Waals surface area contributed by atoms with Gasteiger partial charge >= 0.3 is 0 Å². The first-order valence-corrected chi connectivity index (χ1v) is 17.6. The number of hydrogen-bond donors (Lipinski definition) is 3. The Labute approximate surface area is 303 Å². The molecule has 5 nitrogen and oxygen atoms in total. The molecule has 0 aliphatic rings. The number of unbranched alkanes of at least 4 members (excludes halogenated alkanes) is 1. The Balaban J connectivity index is 0.00000368. The fourth-order valence-corrected chi connectivity index (χ4v) is 7.79. The van der Waals surface area contributed by atoms with Crippen LogP contribution in [0.3, 0.4) is 0 Å². The summed E-state index contributed by atoms with van der Waals surface area (Å²) in [6.45, 7) is 13.4. The van der Waals surface area contributed by atoms with E-state index in [9.17, 15) is 8.42 Å². The van der Waals surface area contributed by atoms with Crippen LogP contribution in [0.4, 0.5) is 0 Å². The van der Waals surface area contributed by atoms with Crippen LogP contribution in [0.2, 0.25) is 0 Å². The van der Waals surface area contributed by atoms with Crippen LogP contribution in [-0.2, 0) is 35.9 Å². The van der Waals surface area contributed by atoms with Crippen LogP contribution >= 0.6 is 0 Å². The summed E-state index contributed by atoms with van der Waals surface area (Å²) in [6.07, 6.45) is 3.06. The molecule has 0 aromatic heterocycles. The summed E-state index contributed by atoms with van der Waals surface area (Å²) in [7, 11) is -3.92. The van der Waals surface area contributed by atoms with Crippen LogP contribution < -0.4 is 28.6 Å². The standard InChI is InChI=1S/C39H50N2O2S.ClH.H3N.Ru/c1-28(2)34-26-35(29(3)4)39(36(27-34)30(5)6)44(42,43)41-38(33-23-14-9-15-24-33)37(32-21-12-8-13-22-32)40-25-17-16-20-31-18-10-7-11-19-31;;;/h7-15,18-19,21-24,26-30,37-38,40-41H,16-17,20,25H2,1-6H3;1H;1H3;/t37-,38-;;;/m0.../s1. The zero-order chi connectivity index (χ0) is 31.7. The SMILES string of the molecule is CC(C)c1cc(C(C)C)c(S(=O)(=O)N[C@@H](c2ccccc2)[C@@H](NCCCCc2ccccc2)c2ccccc2)c(C(C)C)c1.[Cl-].[NH4+].[Ru]. The largest absolute Gasteiger partial charge is 1.00 e. The molecular formula is C39H54ClN3O2RuS. The van der Waals surface area contributed by atoms with Crippen molar-refractivity contribution in [3.8, 4) is 0 Å². The summed E-state index contributed by atoms with van der Waals surface area (Å²) in [4.78, 5) is 0.433. The van der Waals surface area contributed by atoms with Crippen molar-refractivity contribution in [3.63, 3.8) is 0 Å². The molecule has 2 atom stereocenters. The molecule has 0 bridgehead atoms. The summed E-state index contributed by atoms with van der Waals surface area (Å²) in [5, 5.41) is 3.77. The first-order chi connectivity index (χ1) is 21.1. The van der Waals surface area contributed by atoms with Gasteiger partial charge in [-0.1, -0.05) is 145 Å². The van der Waals surface area contributed by atoms with E-state index >= 15 is 0 Å². The summed E-state index contributed by atoms with van der Waals surface area (Å²) in [5.74, 6) is 0.418. The number of quaternary nitrogens is 1. The van der Waals surface area contributed by atoms with E-state index in [1.165, 1.54) is 11.1 Å². The first-order valence-electron chi connectivity index (χ1n) is 16.2. The van der Waals surface area contributed by atoms with Crippen molar-refractivity contribution in [2.24, 2.45) is 0 Å². The Bertz CT molecular complexity index is 1540.